The average Bonchev–Trinajstić information content (AvgIpc) is 2.80. The summed E-state index contributed by atoms with van der Waals surface area (Å²) < 4.78 is 28.2. The minimum Gasteiger partial charge on any atom is -0.353 e. The predicted molar refractivity (Wildman–Crippen MR) is 124 cm³/mol. The Balaban J connectivity index is 1.54. The quantitative estimate of drug-likeness (QED) is 0.708. The molecule has 0 unspecified atom stereocenters. The summed E-state index contributed by atoms with van der Waals surface area (Å²) in [4.78, 5) is 5.06. The van der Waals surface area contributed by atoms with Gasteiger partial charge in [-0.05, 0) is 56.0 Å². The van der Waals surface area contributed by atoms with Gasteiger partial charge >= 0.3 is 0 Å². The molecule has 0 aliphatic carbocycles. The molecule has 31 heavy (non-hydrogen) atoms. The molecular formula is C23H33N5O2S. The van der Waals surface area contributed by atoms with Crippen LogP contribution in [0.4, 0.5) is 5.82 Å². The smallest absolute Gasteiger partial charge is 0.243 e. The zero-order valence-electron chi connectivity index (χ0n) is 18.8. The van der Waals surface area contributed by atoms with E-state index >= 15 is 0 Å². The Morgan fingerprint density at radius 2 is 1.68 bits per heavy atom. The number of hydrogen-bond acceptors (Lipinski definition) is 6. The molecule has 8 heteroatoms. The molecule has 7 nitrogen and oxygen atoms in total. The average molecular weight is 444 g/mol. The molecule has 168 valence electrons. The molecule has 1 aromatic carbocycles. The molecule has 4 rings (SSSR count). The second kappa shape index (κ2) is 9.22. The molecule has 3 heterocycles. The van der Waals surface area contributed by atoms with Crippen molar-refractivity contribution in [2.45, 2.75) is 38.5 Å². The van der Waals surface area contributed by atoms with Crippen LogP contribution in [0.15, 0.2) is 35.2 Å². The first-order chi connectivity index (χ1) is 14.9. The van der Waals surface area contributed by atoms with Gasteiger partial charge in [0.2, 0.25) is 10.0 Å². The number of sulfonamides is 1. The summed E-state index contributed by atoms with van der Waals surface area (Å²) in [6, 6.07) is 9.49. The fraction of sp³-hybridized carbons (Fsp3) is 0.565. The first kappa shape index (κ1) is 22.2. The lowest BCUT2D eigenvalue weighted by Gasteiger charge is -2.34. The molecule has 2 aromatic rings. The highest BCUT2D eigenvalue weighted by molar-refractivity contribution is 7.89. The number of anilines is 1. The van der Waals surface area contributed by atoms with Gasteiger partial charge in [-0.15, -0.1) is 10.2 Å². The van der Waals surface area contributed by atoms with E-state index < -0.39 is 10.0 Å². The summed E-state index contributed by atoms with van der Waals surface area (Å²) in [5.74, 6) is 1.46. The van der Waals surface area contributed by atoms with E-state index in [-0.39, 0.29) is 0 Å². The second-order valence-corrected chi connectivity index (χ2v) is 10.7. The van der Waals surface area contributed by atoms with Crippen molar-refractivity contribution in [1.82, 2.24) is 19.4 Å². The minimum atomic E-state index is -3.51. The van der Waals surface area contributed by atoms with Crippen molar-refractivity contribution in [2.75, 3.05) is 50.7 Å². The molecule has 2 aliphatic heterocycles. The third kappa shape index (κ3) is 4.76. The Bertz CT molecular complexity index is 993. The highest BCUT2D eigenvalue weighted by Crippen LogP contribution is 2.29. The van der Waals surface area contributed by atoms with Gasteiger partial charge in [-0.2, -0.15) is 4.31 Å². The maximum absolute atomic E-state index is 13.3. The Morgan fingerprint density at radius 1 is 0.968 bits per heavy atom. The van der Waals surface area contributed by atoms with Crippen molar-refractivity contribution >= 4 is 15.8 Å². The van der Waals surface area contributed by atoms with Crippen LogP contribution in [0.25, 0.3) is 11.3 Å². The third-order valence-electron chi connectivity index (χ3n) is 6.64. The van der Waals surface area contributed by atoms with Gasteiger partial charge in [0.25, 0.3) is 0 Å². The van der Waals surface area contributed by atoms with Crippen LogP contribution >= 0.6 is 0 Å². The lowest BCUT2D eigenvalue weighted by atomic mass is 10.0. The van der Waals surface area contributed by atoms with Crippen molar-refractivity contribution in [3.63, 3.8) is 0 Å². The molecule has 2 saturated heterocycles. The lowest BCUT2D eigenvalue weighted by Crippen LogP contribution is -2.46. The number of aryl methyl sites for hydroxylation is 1. The first-order valence-electron chi connectivity index (χ1n) is 11.3. The van der Waals surface area contributed by atoms with Crippen LogP contribution in [0, 0.1) is 12.8 Å². The molecule has 0 radical (unpaired) electrons. The number of aromatic nitrogens is 2. The van der Waals surface area contributed by atoms with E-state index in [9.17, 15) is 8.42 Å². The Morgan fingerprint density at radius 3 is 2.29 bits per heavy atom. The van der Waals surface area contributed by atoms with E-state index in [0.717, 1.165) is 62.5 Å². The number of piperazine rings is 1. The number of likely N-dealkylation sites (N-methyl/N-ethyl adjacent to an activating group) is 1. The highest BCUT2D eigenvalue weighted by Gasteiger charge is 2.29. The molecule has 0 saturated carbocycles. The van der Waals surface area contributed by atoms with E-state index in [4.69, 9.17) is 0 Å². The van der Waals surface area contributed by atoms with Crippen molar-refractivity contribution in [1.29, 1.82) is 0 Å². The number of rotatable bonds is 5. The lowest BCUT2D eigenvalue weighted by molar-refractivity contribution is 0.270. The van der Waals surface area contributed by atoms with Gasteiger partial charge in [0.15, 0.2) is 5.82 Å². The second-order valence-electron chi connectivity index (χ2n) is 8.76. The summed E-state index contributed by atoms with van der Waals surface area (Å²) >= 11 is 0. The standard InChI is InChI=1S/C23H33N5O2S/c1-4-26-13-15-27(16-14-26)23-8-7-21(24-25-23)20-6-5-19(3)22(17-20)31(29,30)28-11-9-18(2)10-12-28/h5-8,17-18H,4,9-16H2,1-3H3. The van der Waals surface area contributed by atoms with Gasteiger partial charge in [0, 0.05) is 44.8 Å². The van der Waals surface area contributed by atoms with E-state index in [1.54, 1.807) is 10.4 Å². The fourth-order valence-corrected chi connectivity index (χ4v) is 6.06. The summed E-state index contributed by atoms with van der Waals surface area (Å²) in [7, 11) is -3.51. The number of piperidine rings is 1. The predicted octanol–water partition coefficient (Wildman–Crippen LogP) is 3.01. The van der Waals surface area contributed by atoms with Gasteiger partial charge < -0.3 is 9.80 Å². The summed E-state index contributed by atoms with van der Waals surface area (Å²) in [5, 5.41) is 8.86. The molecule has 0 N–H and O–H groups in total. The van der Waals surface area contributed by atoms with Crippen molar-refractivity contribution in [2.24, 2.45) is 5.92 Å². The monoisotopic (exact) mass is 443 g/mol. The fourth-order valence-electron chi connectivity index (χ4n) is 4.34. The molecular weight excluding hydrogens is 410 g/mol. The van der Waals surface area contributed by atoms with Crippen LogP contribution in [0.5, 0.6) is 0 Å². The highest BCUT2D eigenvalue weighted by atomic mass is 32.2. The van der Waals surface area contributed by atoms with Gasteiger partial charge in [0.05, 0.1) is 10.6 Å². The summed E-state index contributed by atoms with van der Waals surface area (Å²) in [6.45, 7) is 12.4. The van der Waals surface area contributed by atoms with Crippen LogP contribution in [0.3, 0.4) is 0 Å². The molecule has 0 atom stereocenters. The van der Waals surface area contributed by atoms with Gasteiger partial charge in [-0.3, -0.25) is 0 Å². The first-order valence-corrected chi connectivity index (χ1v) is 12.7. The van der Waals surface area contributed by atoms with E-state index in [0.29, 0.717) is 29.6 Å². The largest absolute Gasteiger partial charge is 0.353 e. The van der Waals surface area contributed by atoms with Crippen molar-refractivity contribution in [3.05, 3.63) is 35.9 Å². The van der Waals surface area contributed by atoms with Gasteiger partial charge in [0.1, 0.15) is 0 Å². The van der Waals surface area contributed by atoms with Gasteiger partial charge in [-0.1, -0.05) is 26.0 Å². The molecule has 1 aromatic heterocycles. The maximum atomic E-state index is 13.3. The molecule has 0 bridgehead atoms. The molecule has 2 aliphatic rings. The normalized spacial score (nSPS) is 19.6. The van der Waals surface area contributed by atoms with Crippen molar-refractivity contribution < 1.29 is 8.42 Å². The van der Waals surface area contributed by atoms with E-state index in [2.05, 4.69) is 33.8 Å². The summed E-state index contributed by atoms with van der Waals surface area (Å²) in [6.07, 6.45) is 1.83. The topological polar surface area (TPSA) is 69.6 Å². The number of hydrogen-bond donors (Lipinski definition) is 0. The zero-order valence-corrected chi connectivity index (χ0v) is 19.6. The number of benzene rings is 1. The van der Waals surface area contributed by atoms with Crippen LogP contribution in [0.2, 0.25) is 0 Å². The summed E-state index contributed by atoms with van der Waals surface area (Å²) in [5.41, 5.74) is 2.24. The van der Waals surface area contributed by atoms with Crippen LogP contribution in [-0.2, 0) is 10.0 Å². The van der Waals surface area contributed by atoms with Crippen LogP contribution < -0.4 is 4.90 Å². The molecule has 2 fully saturated rings. The Kier molecular flexibility index (Phi) is 6.60. The van der Waals surface area contributed by atoms with Crippen molar-refractivity contribution in [3.8, 4) is 11.3 Å². The molecule has 0 amide bonds. The van der Waals surface area contributed by atoms with Gasteiger partial charge in [-0.25, -0.2) is 8.42 Å². The van der Waals surface area contributed by atoms with E-state index in [1.807, 2.05) is 31.2 Å². The maximum Gasteiger partial charge on any atom is 0.243 e. The zero-order chi connectivity index (χ0) is 22.0. The minimum absolute atomic E-state index is 0.376. The molecule has 0 spiro atoms. The van der Waals surface area contributed by atoms with Crippen LogP contribution in [0.1, 0.15) is 32.3 Å². The number of nitrogens with zero attached hydrogens (tertiary/aromatic N) is 5. The Labute approximate surface area is 186 Å². The SMILES string of the molecule is CCN1CCN(c2ccc(-c3ccc(C)c(S(=O)(=O)N4CCC(C)CC4)c3)nn2)CC1. The Hall–Kier alpha value is -2.03. The van der Waals surface area contributed by atoms with Crippen LogP contribution in [-0.4, -0.2) is 73.6 Å². The van der Waals surface area contributed by atoms with E-state index in [1.165, 1.54) is 0 Å². The third-order valence-corrected chi connectivity index (χ3v) is 8.68.